The molecule has 37 heavy (non-hydrogen) atoms. The quantitative estimate of drug-likeness (QED) is 0.339. The highest BCUT2D eigenvalue weighted by atomic mass is 32.1. The molecule has 1 heterocycles. The topological polar surface area (TPSA) is 167 Å². The molecule has 0 aliphatic rings. The molecule has 0 saturated carbocycles. The number of esters is 1. The highest BCUT2D eigenvalue weighted by Crippen LogP contribution is 2.34. The van der Waals surface area contributed by atoms with Gasteiger partial charge in [0.15, 0.2) is 5.69 Å². The van der Waals surface area contributed by atoms with Crippen LogP contribution in [0.1, 0.15) is 44.3 Å². The van der Waals surface area contributed by atoms with Gasteiger partial charge in [0, 0.05) is 5.69 Å². The minimum absolute atomic E-state index is 0.0630. The zero-order chi connectivity index (χ0) is 27.1. The maximum absolute atomic E-state index is 14.0. The van der Waals surface area contributed by atoms with E-state index in [2.05, 4.69) is 9.69 Å². The Hall–Kier alpha value is -4.45. The van der Waals surface area contributed by atoms with E-state index >= 15 is 0 Å². The summed E-state index contributed by atoms with van der Waals surface area (Å²) in [6.07, 6.45) is 0. The van der Waals surface area contributed by atoms with E-state index in [1.807, 2.05) is 13.0 Å². The fourth-order valence-electron chi connectivity index (χ4n) is 3.57. The van der Waals surface area contributed by atoms with Gasteiger partial charge in [-0.25, -0.2) is 0 Å². The minimum Gasteiger partial charge on any atom is -0.497 e. The smallest absolute Gasteiger partial charge is 0.325 e. The summed E-state index contributed by atoms with van der Waals surface area (Å²) in [7, 11) is 1.50. The van der Waals surface area contributed by atoms with Crippen LogP contribution in [0.3, 0.4) is 0 Å². The van der Waals surface area contributed by atoms with E-state index in [9.17, 15) is 19.2 Å². The molecular formula is C25H27N5O6S. The van der Waals surface area contributed by atoms with Crippen LogP contribution in [0.4, 0.5) is 11.4 Å². The number of carbonyl (C=O) groups is 4. The first-order valence-corrected chi connectivity index (χ1v) is 12.0. The van der Waals surface area contributed by atoms with E-state index in [0.717, 1.165) is 5.56 Å². The monoisotopic (exact) mass is 525 g/mol. The molecule has 2 aromatic carbocycles. The molecule has 0 radical (unpaired) electrons. The van der Waals surface area contributed by atoms with E-state index in [-0.39, 0.29) is 22.9 Å². The van der Waals surface area contributed by atoms with Crippen LogP contribution in [0, 0.1) is 6.92 Å². The normalized spacial score (nSPS) is 11.3. The summed E-state index contributed by atoms with van der Waals surface area (Å²) in [5, 5.41) is 2.55. The van der Waals surface area contributed by atoms with Gasteiger partial charge in [0.1, 0.15) is 23.2 Å². The second-order valence-corrected chi connectivity index (χ2v) is 8.62. The number of hydrogen-bond acceptors (Lipinski definition) is 9. The number of hydrogen-bond donors (Lipinski definition) is 3. The fraction of sp³-hybridized carbons (Fsp3) is 0.240. The summed E-state index contributed by atoms with van der Waals surface area (Å²) in [4.78, 5) is 52.4. The van der Waals surface area contributed by atoms with Crippen LogP contribution in [0.5, 0.6) is 5.75 Å². The molecule has 0 unspecified atom stereocenters. The molecule has 5 N–H and O–H groups in total. The van der Waals surface area contributed by atoms with Crippen molar-refractivity contribution in [3.8, 4) is 5.75 Å². The number of aryl methyl sites for hydroxylation is 1. The summed E-state index contributed by atoms with van der Waals surface area (Å²) in [5.74, 6) is -2.29. The Morgan fingerprint density at radius 2 is 1.84 bits per heavy atom. The van der Waals surface area contributed by atoms with Crippen molar-refractivity contribution in [2.45, 2.75) is 19.9 Å². The van der Waals surface area contributed by atoms with Crippen molar-refractivity contribution in [3.05, 3.63) is 70.2 Å². The van der Waals surface area contributed by atoms with Gasteiger partial charge < -0.3 is 26.3 Å². The van der Waals surface area contributed by atoms with Crippen LogP contribution >= 0.6 is 11.5 Å². The lowest BCUT2D eigenvalue weighted by Crippen LogP contribution is -2.45. The van der Waals surface area contributed by atoms with E-state index in [4.69, 9.17) is 20.9 Å². The highest BCUT2D eigenvalue weighted by molar-refractivity contribution is 7.09. The van der Waals surface area contributed by atoms with Crippen molar-refractivity contribution in [3.63, 3.8) is 0 Å². The molecule has 1 atom stereocenters. The molecule has 1 aromatic heterocycles. The molecule has 0 spiro atoms. The highest BCUT2D eigenvalue weighted by Gasteiger charge is 2.36. The standard InChI is InChI=1S/C25H27N5O6S/c1-4-36-18(31)13-28-24(33)21(15-8-10-17(35-3)11-9-15)30(16-7-5-6-14(2)12-16)25(34)22-19(26)20(23(27)32)29-37-22/h5-12,21H,4,13,26H2,1-3H3,(H2,27,32)(H,28,33)/t21-/m1/s1. The number of amides is 3. The Morgan fingerprint density at radius 1 is 1.14 bits per heavy atom. The van der Waals surface area contributed by atoms with Gasteiger partial charge in [0.05, 0.1) is 19.4 Å². The lowest BCUT2D eigenvalue weighted by atomic mass is 10.0. The average Bonchev–Trinajstić information content (AvgIpc) is 3.27. The van der Waals surface area contributed by atoms with Gasteiger partial charge >= 0.3 is 5.97 Å². The van der Waals surface area contributed by atoms with Gasteiger partial charge in [0.2, 0.25) is 5.91 Å². The van der Waals surface area contributed by atoms with Crippen molar-refractivity contribution in [2.75, 3.05) is 30.9 Å². The van der Waals surface area contributed by atoms with Crippen molar-refractivity contribution >= 4 is 46.6 Å². The first kappa shape index (κ1) is 27.1. The number of nitrogens with two attached hydrogens (primary N) is 2. The number of nitrogens with zero attached hydrogens (tertiary/aromatic N) is 2. The van der Waals surface area contributed by atoms with Crippen molar-refractivity contribution < 1.29 is 28.7 Å². The Morgan fingerprint density at radius 3 is 2.41 bits per heavy atom. The average molecular weight is 526 g/mol. The molecule has 0 aliphatic carbocycles. The predicted octanol–water partition coefficient (Wildman–Crippen LogP) is 2.21. The summed E-state index contributed by atoms with van der Waals surface area (Å²) in [6, 6.07) is 12.3. The number of anilines is 2. The summed E-state index contributed by atoms with van der Waals surface area (Å²) >= 11 is 0.702. The molecule has 0 bridgehead atoms. The molecular weight excluding hydrogens is 498 g/mol. The number of nitrogen functional groups attached to an aromatic ring is 1. The van der Waals surface area contributed by atoms with E-state index in [1.165, 1.54) is 12.0 Å². The second kappa shape index (κ2) is 12.0. The van der Waals surface area contributed by atoms with E-state index in [1.54, 1.807) is 49.4 Å². The van der Waals surface area contributed by atoms with Crippen LogP contribution in [0.15, 0.2) is 48.5 Å². The molecule has 3 amide bonds. The van der Waals surface area contributed by atoms with Crippen LogP contribution in [0.25, 0.3) is 0 Å². The number of nitrogens with one attached hydrogen (secondary N) is 1. The fourth-order valence-corrected chi connectivity index (χ4v) is 4.31. The maximum atomic E-state index is 14.0. The van der Waals surface area contributed by atoms with Crippen molar-refractivity contribution in [1.29, 1.82) is 0 Å². The Balaban J connectivity index is 2.16. The summed E-state index contributed by atoms with van der Waals surface area (Å²) in [6.45, 7) is 3.24. The Labute approximate surface area is 217 Å². The molecule has 11 nitrogen and oxygen atoms in total. The third-order valence-corrected chi connectivity index (χ3v) is 6.16. The SMILES string of the molecule is CCOC(=O)CNC(=O)[C@@H](c1ccc(OC)cc1)N(C(=O)c1snc(C(N)=O)c1N)c1cccc(C)c1. The van der Waals surface area contributed by atoms with Gasteiger partial charge in [-0.1, -0.05) is 24.3 Å². The van der Waals surface area contributed by atoms with Gasteiger partial charge in [-0.2, -0.15) is 4.37 Å². The molecule has 3 aromatic rings. The summed E-state index contributed by atoms with van der Waals surface area (Å²) < 4.78 is 14.1. The number of rotatable bonds is 10. The number of methoxy groups -OCH3 is 1. The van der Waals surface area contributed by atoms with Crippen molar-refractivity contribution in [1.82, 2.24) is 9.69 Å². The number of benzene rings is 2. The first-order valence-electron chi connectivity index (χ1n) is 11.2. The number of ether oxygens (including phenoxy) is 2. The van der Waals surface area contributed by atoms with Gasteiger partial charge in [0.25, 0.3) is 11.8 Å². The Kier molecular flexibility index (Phi) is 8.80. The molecule has 0 aliphatic heterocycles. The number of carbonyl (C=O) groups excluding carboxylic acids is 4. The maximum Gasteiger partial charge on any atom is 0.325 e. The Bertz CT molecular complexity index is 1310. The number of primary amides is 1. The largest absolute Gasteiger partial charge is 0.497 e. The van der Waals surface area contributed by atoms with Crippen LogP contribution in [-0.4, -0.2) is 48.3 Å². The molecule has 0 fully saturated rings. The molecule has 3 rings (SSSR count). The van der Waals surface area contributed by atoms with Crippen LogP contribution in [0.2, 0.25) is 0 Å². The van der Waals surface area contributed by atoms with Crippen LogP contribution in [-0.2, 0) is 14.3 Å². The van der Waals surface area contributed by atoms with E-state index < -0.39 is 36.3 Å². The first-order chi connectivity index (χ1) is 17.7. The zero-order valence-corrected chi connectivity index (χ0v) is 21.3. The third kappa shape index (κ3) is 6.22. The van der Waals surface area contributed by atoms with Gasteiger partial charge in [-0.3, -0.25) is 24.1 Å². The lowest BCUT2D eigenvalue weighted by molar-refractivity contribution is -0.143. The molecule has 194 valence electrons. The van der Waals surface area contributed by atoms with Gasteiger partial charge in [-0.15, -0.1) is 0 Å². The second-order valence-electron chi connectivity index (χ2n) is 7.85. The van der Waals surface area contributed by atoms with Crippen LogP contribution < -0.4 is 26.4 Å². The third-order valence-electron chi connectivity index (χ3n) is 5.30. The van der Waals surface area contributed by atoms with E-state index in [0.29, 0.717) is 28.5 Å². The van der Waals surface area contributed by atoms with Crippen molar-refractivity contribution in [2.24, 2.45) is 5.73 Å². The predicted molar refractivity (Wildman–Crippen MR) is 138 cm³/mol. The lowest BCUT2D eigenvalue weighted by Gasteiger charge is -2.31. The minimum atomic E-state index is -1.24. The molecule has 12 heteroatoms. The number of aromatic nitrogens is 1. The van der Waals surface area contributed by atoms with Gasteiger partial charge in [-0.05, 0) is 60.8 Å². The summed E-state index contributed by atoms with van der Waals surface area (Å²) in [5.41, 5.74) is 12.6. The molecule has 0 saturated heterocycles. The zero-order valence-electron chi connectivity index (χ0n) is 20.5.